The zero-order valence-corrected chi connectivity index (χ0v) is 62.4. The van der Waals surface area contributed by atoms with E-state index in [0.717, 1.165) is 12.3 Å². The molecule has 18 N–H and O–H groups in total. The third-order valence-electron chi connectivity index (χ3n) is 17.3. The number of aromatic hydroxyl groups is 1. The number of carbonyl (C=O) groups excluding carboxylic acids is 13. The number of nitrogens with two attached hydrogens (primary N) is 1. The topological polar surface area (TPSA) is 550 Å². The maximum Gasteiger partial charge on any atom is 0.305 e. The van der Waals surface area contributed by atoms with Crippen LogP contribution in [0.2, 0.25) is 0 Å². The Morgan fingerprint density at radius 2 is 0.789 bits per heavy atom. The summed E-state index contributed by atoms with van der Waals surface area (Å²) in [5, 5.41) is 77.8. The normalized spacial score (nSPS) is 14.6. The number of carboxylic acids is 4. The van der Waals surface area contributed by atoms with Gasteiger partial charge in [0, 0.05) is 50.0 Å². The number of carboxylic acid groups (broad SMARTS) is 4. The van der Waals surface area contributed by atoms with Gasteiger partial charge in [0.05, 0.1) is 37.4 Å². The van der Waals surface area contributed by atoms with Crippen LogP contribution in [0.3, 0.4) is 0 Å². The van der Waals surface area contributed by atoms with E-state index in [9.17, 15) is 107 Å². The highest BCUT2D eigenvalue weighted by atomic mass is 16.4. The second-order valence-corrected chi connectivity index (χ2v) is 28.3. The summed E-state index contributed by atoms with van der Waals surface area (Å²) < 4.78 is 0. The molecular weight excluding hydrogens is 1420 g/mol. The van der Waals surface area contributed by atoms with Crippen LogP contribution < -0.4 is 64.2 Å². The largest absolute Gasteiger partial charge is 0.508 e. The average molecular weight is 1520 g/mol. The average Bonchev–Trinajstić information content (AvgIpc) is 0.765. The molecule has 109 heavy (non-hydrogen) atoms. The standard InChI is InChI=1S/C75H100N12O22/c1-38(2)63(99)64(75(8,9)10)87-74(109)56(37-62(97)98)86-71(106)53(32-44-23-25-48(88)26-24-44)83-70(105)52(31-43-17-12-11-13-18-43)84-73(108)55(36-61(95)96)85-69(104)51(28-30-60(93)94)81-67(102)42(7)78-65(100)41(6)79-68(103)47(33-46-21-16-20-45-19-14-15-22-49(45)46)34-57(89)50(27-29-59(91)92)80-72(107)54(35-58(76)90)82-66(101)40(5)77-39(3)4/h11-26,38-42,47,50-56,64,77,88H,27-37H2,1-10H3,(H2,76,90)(H,78,100)(H,79,103)(H,80,107)(H,81,102)(H,82,101)(H,83,105)(H,84,108)(H,85,104)(H,86,106)(H,87,109)(H,91,92)(H,93,94)(H,95,96)(H,97,98)/t40-,41-,42+,47-,50+,51+,52+,53+,54+,55+,56+,64-/m1/s1. The fraction of sp³-hybridized carbons (Fsp3) is 0.480. The summed E-state index contributed by atoms with van der Waals surface area (Å²) in [6.07, 6.45) is -7.38. The Kier molecular flexibility index (Phi) is 35.0. The first-order chi connectivity index (χ1) is 51.0. The van der Waals surface area contributed by atoms with Crippen LogP contribution in [-0.4, -0.2) is 198 Å². The molecule has 0 bridgehead atoms. The first-order valence-corrected chi connectivity index (χ1v) is 35.3. The summed E-state index contributed by atoms with van der Waals surface area (Å²) >= 11 is 0. The van der Waals surface area contributed by atoms with E-state index in [1.807, 2.05) is 0 Å². The van der Waals surface area contributed by atoms with Gasteiger partial charge in [-0.1, -0.05) is 133 Å². The highest BCUT2D eigenvalue weighted by Crippen LogP contribution is 2.26. The molecule has 592 valence electrons. The molecule has 12 atom stereocenters. The molecule has 0 fully saturated rings. The SMILES string of the molecule is CC(C)N[C@H](C)C(=O)N[C@@H](CC(N)=O)C(=O)N[C@@H](CCC(=O)O)C(=O)C[C@@H](Cc1cccc2ccccc12)C(=O)N[C@H](C)C(=O)N[C@@H](C)C(=O)N[C@@H](CCC(=O)O)C(=O)N[C@@H](CC(=O)O)C(=O)N[C@@H](Cc1ccccc1)C(=O)N[C@@H](Cc1ccc(O)cc1)C(=O)N[C@@H](CC(=O)O)C(=O)N[C@H](C(=O)C(C)C)C(C)(C)C. The first kappa shape index (κ1) is 89.7. The third-order valence-corrected chi connectivity index (χ3v) is 17.3. The fourth-order valence-corrected chi connectivity index (χ4v) is 11.4. The van der Waals surface area contributed by atoms with Gasteiger partial charge < -0.3 is 89.8 Å². The van der Waals surface area contributed by atoms with Crippen molar-refractivity contribution >= 4 is 111 Å². The van der Waals surface area contributed by atoms with Gasteiger partial charge in [-0.25, -0.2) is 0 Å². The number of nitrogens with one attached hydrogen (secondary N) is 11. The van der Waals surface area contributed by atoms with Crippen LogP contribution in [0.15, 0.2) is 97.1 Å². The molecule has 4 rings (SSSR count). The van der Waals surface area contributed by atoms with Crippen LogP contribution in [-0.2, 0) is 101 Å². The number of aliphatic carboxylic acids is 4. The van der Waals surface area contributed by atoms with Crippen LogP contribution in [0.25, 0.3) is 10.8 Å². The lowest BCUT2D eigenvalue weighted by atomic mass is 9.81. The maximum atomic E-state index is 14.7. The van der Waals surface area contributed by atoms with E-state index in [2.05, 4.69) is 58.5 Å². The van der Waals surface area contributed by atoms with E-state index in [0.29, 0.717) is 22.1 Å². The van der Waals surface area contributed by atoms with Crippen molar-refractivity contribution in [2.24, 2.45) is 23.0 Å². The van der Waals surface area contributed by atoms with Gasteiger partial charge >= 0.3 is 23.9 Å². The van der Waals surface area contributed by atoms with Gasteiger partial charge in [0.25, 0.3) is 0 Å². The number of amides is 11. The number of hydrogen-bond donors (Lipinski definition) is 17. The maximum absolute atomic E-state index is 14.7. The van der Waals surface area contributed by atoms with E-state index in [4.69, 9.17) is 5.73 Å². The van der Waals surface area contributed by atoms with Gasteiger partial charge in [-0.2, -0.15) is 0 Å². The summed E-state index contributed by atoms with van der Waals surface area (Å²) in [5.74, 6) is -21.5. The molecule has 0 radical (unpaired) electrons. The predicted molar refractivity (Wildman–Crippen MR) is 392 cm³/mol. The number of hydrogen-bond acceptors (Lipinski definition) is 19. The monoisotopic (exact) mass is 1520 g/mol. The lowest BCUT2D eigenvalue weighted by Crippen LogP contribution is -2.61. The number of primary amides is 1. The molecule has 0 aliphatic rings. The Bertz CT molecular complexity index is 3950. The van der Waals surface area contributed by atoms with Crippen molar-refractivity contribution in [3.63, 3.8) is 0 Å². The van der Waals surface area contributed by atoms with Crippen molar-refractivity contribution in [1.82, 2.24) is 58.5 Å². The number of ketones is 2. The zero-order valence-electron chi connectivity index (χ0n) is 62.4. The second-order valence-electron chi connectivity index (χ2n) is 28.3. The molecule has 0 saturated carbocycles. The summed E-state index contributed by atoms with van der Waals surface area (Å²) in [6, 6.07) is 7.34. The van der Waals surface area contributed by atoms with Crippen molar-refractivity contribution in [1.29, 1.82) is 0 Å². The predicted octanol–water partition coefficient (Wildman–Crippen LogP) is 0.249. The summed E-state index contributed by atoms with van der Waals surface area (Å²) in [6.45, 7) is 15.5. The highest BCUT2D eigenvalue weighted by Gasteiger charge is 2.40. The molecule has 4 aromatic rings. The van der Waals surface area contributed by atoms with Crippen LogP contribution in [0.1, 0.15) is 137 Å². The summed E-state index contributed by atoms with van der Waals surface area (Å²) in [7, 11) is 0. The molecule has 11 amide bonds. The molecule has 34 nitrogen and oxygen atoms in total. The van der Waals surface area contributed by atoms with Crippen LogP contribution in [0.5, 0.6) is 5.75 Å². The quantitative estimate of drug-likeness (QED) is 0.0282. The minimum absolute atomic E-state index is 0.181. The molecule has 0 aliphatic heterocycles. The van der Waals surface area contributed by atoms with Crippen molar-refractivity contribution in [3.05, 3.63) is 114 Å². The number of carbonyl (C=O) groups is 17. The molecule has 0 saturated heterocycles. The molecule has 34 heteroatoms. The van der Waals surface area contributed by atoms with Crippen molar-refractivity contribution in [2.45, 2.75) is 212 Å². The number of benzene rings is 4. The molecular formula is C75H100N12O22. The van der Waals surface area contributed by atoms with Crippen LogP contribution >= 0.6 is 0 Å². The Morgan fingerprint density at radius 3 is 1.28 bits per heavy atom. The lowest BCUT2D eigenvalue weighted by Gasteiger charge is -2.33. The highest BCUT2D eigenvalue weighted by molar-refractivity contribution is 6.01. The molecule has 0 aliphatic carbocycles. The van der Waals surface area contributed by atoms with Gasteiger partial charge in [-0.15, -0.1) is 0 Å². The van der Waals surface area contributed by atoms with Crippen LogP contribution in [0.4, 0.5) is 0 Å². The van der Waals surface area contributed by atoms with E-state index in [1.165, 1.54) is 38.1 Å². The lowest BCUT2D eigenvalue weighted by molar-refractivity contribution is -0.142. The number of phenolic OH excluding ortho intramolecular Hbond substituents is 1. The number of phenols is 1. The fourth-order valence-electron chi connectivity index (χ4n) is 11.4. The molecule has 0 aromatic heterocycles. The summed E-state index contributed by atoms with van der Waals surface area (Å²) in [5.41, 5.74) is 5.75. The minimum atomic E-state index is -2.12. The van der Waals surface area contributed by atoms with Crippen molar-refractivity contribution < 1.29 is 107 Å². The smallest absolute Gasteiger partial charge is 0.305 e. The summed E-state index contributed by atoms with van der Waals surface area (Å²) in [4.78, 5) is 230. The van der Waals surface area contributed by atoms with E-state index in [-0.39, 0.29) is 18.2 Å². The molecule has 0 unspecified atom stereocenters. The van der Waals surface area contributed by atoms with Gasteiger partial charge in [0.1, 0.15) is 54.1 Å². The second kappa shape index (κ2) is 42.6. The number of fused-ring (bicyclic) bond motifs is 1. The van der Waals surface area contributed by atoms with E-state index in [1.54, 1.807) is 121 Å². The van der Waals surface area contributed by atoms with Crippen molar-refractivity contribution in [3.8, 4) is 5.75 Å². The number of Topliss-reactive ketones (excluding diaryl/α,β-unsaturated/α-hetero) is 2. The van der Waals surface area contributed by atoms with Gasteiger partial charge in [0.2, 0.25) is 65.0 Å². The molecule has 0 spiro atoms. The first-order valence-electron chi connectivity index (χ1n) is 35.3. The zero-order chi connectivity index (χ0) is 81.7. The Hall–Kier alpha value is -11.7. The van der Waals surface area contributed by atoms with Gasteiger partial charge in [-0.3, -0.25) is 81.5 Å². The number of rotatable bonds is 45. The van der Waals surface area contributed by atoms with Crippen molar-refractivity contribution in [2.75, 3.05) is 0 Å². The molecule has 4 aromatic carbocycles. The Labute approximate surface area is 629 Å². The molecule has 0 heterocycles. The third kappa shape index (κ3) is 30.6. The Morgan fingerprint density at radius 1 is 0.385 bits per heavy atom. The van der Waals surface area contributed by atoms with Gasteiger partial charge in [0.15, 0.2) is 11.6 Å². The van der Waals surface area contributed by atoms with E-state index >= 15 is 0 Å². The van der Waals surface area contributed by atoms with Gasteiger partial charge in [-0.05, 0) is 85.0 Å². The van der Waals surface area contributed by atoms with Crippen LogP contribution in [0, 0.1) is 17.3 Å². The Balaban J connectivity index is 1.61. The minimum Gasteiger partial charge on any atom is -0.508 e. The van der Waals surface area contributed by atoms with E-state index < -0.39 is 248 Å².